The van der Waals surface area contributed by atoms with Gasteiger partial charge in [0.05, 0.1) is 13.2 Å². The lowest BCUT2D eigenvalue weighted by molar-refractivity contribution is -0.0121. The average Bonchev–Trinajstić information content (AvgIpc) is 3.14. The van der Waals surface area contributed by atoms with Gasteiger partial charge in [0.25, 0.3) is 0 Å². The van der Waals surface area contributed by atoms with Gasteiger partial charge in [-0.05, 0) is 17.7 Å². The standard InChI is InChI=1S/C19H30N4OS.HI/c1-20-18(22(2)14-17-6-4-3-5-7-17)21-15-19(8-13-25-16-19)23-9-11-24-12-10-23;/h3-7H,8-16H2,1-2H3,(H,20,21);1H. The fourth-order valence-corrected chi connectivity index (χ4v) is 5.17. The second-order valence-corrected chi connectivity index (χ2v) is 7.97. The molecule has 1 unspecified atom stereocenters. The van der Waals surface area contributed by atoms with Gasteiger partial charge < -0.3 is 15.0 Å². The topological polar surface area (TPSA) is 40.1 Å². The van der Waals surface area contributed by atoms with Crippen LogP contribution < -0.4 is 5.32 Å². The van der Waals surface area contributed by atoms with Crippen LogP contribution in [0.5, 0.6) is 0 Å². The lowest BCUT2D eigenvalue weighted by Crippen LogP contribution is -2.60. The molecule has 1 aromatic rings. The summed E-state index contributed by atoms with van der Waals surface area (Å²) in [7, 11) is 3.97. The molecule has 7 heteroatoms. The first-order valence-electron chi connectivity index (χ1n) is 9.10. The fraction of sp³-hybridized carbons (Fsp3) is 0.632. The van der Waals surface area contributed by atoms with Crippen molar-refractivity contribution in [3.05, 3.63) is 35.9 Å². The number of thioether (sulfide) groups is 1. The number of morpholine rings is 1. The smallest absolute Gasteiger partial charge is 0.193 e. The molecular weight excluding hydrogens is 459 g/mol. The van der Waals surface area contributed by atoms with E-state index in [4.69, 9.17) is 4.74 Å². The van der Waals surface area contributed by atoms with E-state index in [0.29, 0.717) is 0 Å². The quantitative estimate of drug-likeness (QED) is 0.391. The van der Waals surface area contributed by atoms with E-state index >= 15 is 0 Å². The number of aliphatic imine (C=N–C) groups is 1. The van der Waals surface area contributed by atoms with Gasteiger partial charge >= 0.3 is 0 Å². The third kappa shape index (κ3) is 5.50. The van der Waals surface area contributed by atoms with Gasteiger partial charge in [0.1, 0.15) is 0 Å². The number of hydrogen-bond acceptors (Lipinski definition) is 4. The van der Waals surface area contributed by atoms with Crippen LogP contribution in [-0.2, 0) is 11.3 Å². The number of hydrogen-bond donors (Lipinski definition) is 1. The van der Waals surface area contributed by atoms with Gasteiger partial charge in [-0.3, -0.25) is 9.89 Å². The molecule has 0 saturated carbocycles. The van der Waals surface area contributed by atoms with Gasteiger partial charge in [0.2, 0.25) is 0 Å². The summed E-state index contributed by atoms with van der Waals surface area (Å²) in [6.07, 6.45) is 1.24. The van der Waals surface area contributed by atoms with Crippen LogP contribution in [0.1, 0.15) is 12.0 Å². The highest BCUT2D eigenvalue weighted by Crippen LogP contribution is 2.33. The molecule has 2 fully saturated rings. The number of ether oxygens (including phenoxy) is 1. The van der Waals surface area contributed by atoms with E-state index in [0.717, 1.165) is 45.4 Å². The van der Waals surface area contributed by atoms with Gasteiger partial charge in [0, 0.05) is 51.6 Å². The summed E-state index contributed by atoms with van der Waals surface area (Å²) >= 11 is 2.07. The van der Waals surface area contributed by atoms with Crippen LogP contribution in [0.4, 0.5) is 0 Å². The Morgan fingerprint density at radius 2 is 2.04 bits per heavy atom. The zero-order valence-electron chi connectivity index (χ0n) is 15.8. The van der Waals surface area contributed by atoms with Crippen molar-refractivity contribution >= 4 is 41.7 Å². The Labute approximate surface area is 179 Å². The lowest BCUT2D eigenvalue weighted by atomic mass is 9.95. The molecule has 0 amide bonds. The number of nitrogens with one attached hydrogen (secondary N) is 1. The minimum Gasteiger partial charge on any atom is -0.379 e. The van der Waals surface area contributed by atoms with Crippen LogP contribution >= 0.6 is 35.7 Å². The van der Waals surface area contributed by atoms with E-state index in [1.165, 1.54) is 23.5 Å². The maximum Gasteiger partial charge on any atom is 0.193 e. The van der Waals surface area contributed by atoms with Crippen molar-refractivity contribution < 1.29 is 4.74 Å². The fourth-order valence-electron chi connectivity index (χ4n) is 3.70. The molecule has 0 aromatic heterocycles. The van der Waals surface area contributed by atoms with E-state index in [1.54, 1.807) is 0 Å². The number of nitrogens with zero attached hydrogens (tertiary/aromatic N) is 3. The average molecular weight is 490 g/mol. The summed E-state index contributed by atoms with van der Waals surface area (Å²) in [5, 5.41) is 3.65. The van der Waals surface area contributed by atoms with Crippen LogP contribution in [0.15, 0.2) is 35.3 Å². The van der Waals surface area contributed by atoms with Crippen molar-refractivity contribution in [2.24, 2.45) is 4.99 Å². The van der Waals surface area contributed by atoms with E-state index < -0.39 is 0 Å². The maximum absolute atomic E-state index is 5.55. The predicted molar refractivity (Wildman–Crippen MR) is 122 cm³/mol. The molecular formula is C19H31IN4OS. The minimum absolute atomic E-state index is 0. The zero-order chi connectivity index (χ0) is 17.5. The van der Waals surface area contributed by atoms with Crippen molar-refractivity contribution in [1.82, 2.24) is 15.1 Å². The Morgan fingerprint density at radius 3 is 2.65 bits per heavy atom. The molecule has 0 bridgehead atoms. The van der Waals surface area contributed by atoms with Crippen LogP contribution in [-0.4, -0.2) is 79.7 Å². The Kier molecular flexibility index (Phi) is 8.99. The zero-order valence-corrected chi connectivity index (χ0v) is 19.0. The number of rotatable bonds is 5. The first-order chi connectivity index (χ1) is 12.2. The van der Waals surface area contributed by atoms with Crippen molar-refractivity contribution in [1.29, 1.82) is 0 Å². The molecule has 1 N–H and O–H groups in total. The number of guanidine groups is 1. The second-order valence-electron chi connectivity index (χ2n) is 6.87. The molecule has 2 heterocycles. The highest BCUT2D eigenvalue weighted by atomic mass is 127. The van der Waals surface area contributed by atoms with Crippen LogP contribution in [0.2, 0.25) is 0 Å². The van der Waals surface area contributed by atoms with Crippen molar-refractivity contribution in [3.63, 3.8) is 0 Å². The van der Waals surface area contributed by atoms with Gasteiger partial charge in [-0.1, -0.05) is 30.3 Å². The summed E-state index contributed by atoms with van der Waals surface area (Å²) in [5.74, 6) is 3.41. The summed E-state index contributed by atoms with van der Waals surface area (Å²) in [6.45, 7) is 5.61. The normalized spacial score (nSPS) is 24.2. The molecule has 26 heavy (non-hydrogen) atoms. The molecule has 0 aliphatic carbocycles. The summed E-state index contributed by atoms with van der Waals surface area (Å²) in [4.78, 5) is 9.33. The van der Waals surface area contributed by atoms with E-state index in [9.17, 15) is 0 Å². The van der Waals surface area contributed by atoms with Crippen molar-refractivity contribution in [3.8, 4) is 0 Å². The third-order valence-electron chi connectivity index (χ3n) is 5.18. The van der Waals surface area contributed by atoms with Crippen LogP contribution in [0, 0.1) is 0 Å². The largest absolute Gasteiger partial charge is 0.379 e. The molecule has 1 atom stereocenters. The third-order valence-corrected chi connectivity index (χ3v) is 6.41. The maximum atomic E-state index is 5.55. The second kappa shape index (κ2) is 10.7. The summed E-state index contributed by atoms with van der Waals surface area (Å²) < 4.78 is 5.55. The first-order valence-corrected chi connectivity index (χ1v) is 10.3. The van der Waals surface area contributed by atoms with Gasteiger partial charge in [-0.25, -0.2) is 0 Å². The number of halogens is 1. The molecule has 0 spiro atoms. The Balaban J connectivity index is 0.00000243. The molecule has 146 valence electrons. The van der Waals surface area contributed by atoms with E-state index in [1.807, 2.05) is 7.05 Å². The van der Waals surface area contributed by atoms with Gasteiger partial charge in [-0.15, -0.1) is 24.0 Å². The Morgan fingerprint density at radius 1 is 1.31 bits per heavy atom. The minimum atomic E-state index is 0. The van der Waals surface area contributed by atoms with Gasteiger partial charge in [0.15, 0.2) is 5.96 Å². The van der Waals surface area contributed by atoms with Crippen molar-refractivity contribution in [2.45, 2.75) is 18.5 Å². The number of benzene rings is 1. The molecule has 2 aliphatic rings. The van der Waals surface area contributed by atoms with Crippen LogP contribution in [0.25, 0.3) is 0 Å². The van der Waals surface area contributed by atoms with E-state index in [2.05, 4.69) is 69.3 Å². The molecule has 2 aliphatic heterocycles. The molecule has 0 radical (unpaired) electrons. The predicted octanol–water partition coefficient (Wildman–Crippen LogP) is 2.52. The summed E-state index contributed by atoms with van der Waals surface area (Å²) in [5.41, 5.74) is 1.53. The Hall–Kier alpha value is -0.510. The SMILES string of the molecule is CN=C(NCC1(N2CCOCC2)CCSC1)N(C)Cc1ccccc1.I. The van der Waals surface area contributed by atoms with Crippen LogP contribution in [0.3, 0.4) is 0 Å². The first kappa shape index (κ1) is 21.8. The molecule has 1 aromatic carbocycles. The lowest BCUT2D eigenvalue weighted by Gasteiger charge is -2.43. The Bertz CT molecular complexity index is 560. The van der Waals surface area contributed by atoms with E-state index in [-0.39, 0.29) is 29.5 Å². The van der Waals surface area contributed by atoms with Gasteiger partial charge in [-0.2, -0.15) is 11.8 Å². The summed E-state index contributed by atoms with van der Waals surface area (Å²) in [6, 6.07) is 10.5. The highest BCUT2D eigenvalue weighted by Gasteiger charge is 2.40. The van der Waals surface area contributed by atoms with Crippen molar-refractivity contribution in [2.75, 3.05) is 58.4 Å². The highest BCUT2D eigenvalue weighted by molar-refractivity contribution is 14.0. The molecule has 3 rings (SSSR count). The molecule has 5 nitrogen and oxygen atoms in total. The molecule has 2 saturated heterocycles. The monoisotopic (exact) mass is 490 g/mol.